The predicted octanol–water partition coefficient (Wildman–Crippen LogP) is 5.28. The number of benzene rings is 3. The predicted molar refractivity (Wildman–Crippen MR) is 114 cm³/mol. The maximum atomic E-state index is 12.5. The number of carbonyl (C=O) groups excluding carboxylic acids is 1. The number of hydrogen-bond donors (Lipinski definition) is 0. The number of ketones is 1. The van der Waals surface area contributed by atoms with E-state index in [-0.39, 0.29) is 27.9 Å². The van der Waals surface area contributed by atoms with Crippen molar-refractivity contribution in [3.05, 3.63) is 107 Å². The number of ether oxygens (including phenoxy) is 1. The molecular formula is C23H15ClO5S. The van der Waals surface area contributed by atoms with E-state index in [1.54, 1.807) is 12.2 Å². The van der Waals surface area contributed by atoms with Gasteiger partial charge in [-0.15, -0.1) is 0 Å². The Hall–Kier alpha value is -3.35. The van der Waals surface area contributed by atoms with Gasteiger partial charge < -0.3 is 8.92 Å². The second kappa shape index (κ2) is 8.18. The van der Waals surface area contributed by atoms with Crippen molar-refractivity contribution in [2.75, 3.05) is 0 Å². The summed E-state index contributed by atoms with van der Waals surface area (Å²) >= 11 is 5.79. The van der Waals surface area contributed by atoms with Crippen LogP contribution in [0.2, 0.25) is 5.02 Å². The topological polar surface area (TPSA) is 69.7 Å². The number of carbonyl (C=O) groups is 1. The van der Waals surface area contributed by atoms with Crippen LogP contribution in [0.1, 0.15) is 15.9 Å². The molecule has 7 heteroatoms. The molecule has 30 heavy (non-hydrogen) atoms. The molecule has 150 valence electrons. The summed E-state index contributed by atoms with van der Waals surface area (Å²) in [5.41, 5.74) is 1.33. The number of fused-ring (bicyclic) bond motifs is 1. The molecule has 5 nitrogen and oxygen atoms in total. The highest BCUT2D eigenvalue weighted by Crippen LogP contribution is 2.35. The third-order valence-corrected chi connectivity index (χ3v) is 5.80. The van der Waals surface area contributed by atoms with Crippen LogP contribution in [0, 0.1) is 0 Å². The van der Waals surface area contributed by atoms with Gasteiger partial charge in [0.1, 0.15) is 16.4 Å². The van der Waals surface area contributed by atoms with Crippen molar-refractivity contribution < 1.29 is 22.1 Å². The normalized spacial score (nSPS) is 14.7. The molecule has 0 unspecified atom stereocenters. The average molecular weight is 439 g/mol. The summed E-state index contributed by atoms with van der Waals surface area (Å²) in [5.74, 6) is 0.144. The molecule has 1 heterocycles. The fraction of sp³-hybridized carbons (Fsp3) is 0. The Morgan fingerprint density at radius 2 is 1.67 bits per heavy atom. The molecule has 1 aliphatic rings. The molecule has 0 aliphatic carbocycles. The Kier molecular flexibility index (Phi) is 5.44. The van der Waals surface area contributed by atoms with Crippen molar-refractivity contribution in [1.29, 1.82) is 0 Å². The van der Waals surface area contributed by atoms with E-state index in [0.29, 0.717) is 10.6 Å². The molecule has 0 radical (unpaired) electrons. The zero-order valence-electron chi connectivity index (χ0n) is 15.5. The molecule has 4 rings (SSSR count). The Balaban J connectivity index is 1.52. The summed E-state index contributed by atoms with van der Waals surface area (Å²) in [4.78, 5) is 12.5. The molecular weight excluding hydrogens is 424 g/mol. The molecule has 3 aromatic rings. The van der Waals surface area contributed by atoms with Gasteiger partial charge in [-0.25, -0.2) is 0 Å². The van der Waals surface area contributed by atoms with Crippen LogP contribution >= 0.6 is 11.6 Å². The van der Waals surface area contributed by atoms with Gasteiger partial charge in [-0.1, -0.05) is 54.1 Å². The lowest BCUT2D eigenvalue weighted by Gasteiger charge is -2.08. The number of allylic oxidation sites excluding steroid dienone is 3. The van der Waals surface area contributed by atoms with E-state index >= 15 is 0 Å². The van der Waals surface area contributed by atoms with Crippen molar-refractivity contribution >= 4 is 33.6 Å². The third kappa shape index (κ3) is 4.30. The maximum absolute atomic E-state index is 12.5. The molecule has 1 aliphatic heterocycles. The monoisotopic (exact) mass is 438 g/mol. The smallest absolute Gasteiger partial charge is 0.339 e. The van der Waals surface area contributed by atoms with Gasteiger partial charge in [0.15, 0.2) is 5.76 Å². The summed E-state index contributed by atoms with van der Waals surface area (Å²) in [6.07, 6.45) is 5.14. The Labute approximate surface area is 179 Å². The van der Waals surface area contributed by atoms with Crippen LogP contribution in [0.25, 0.3) is 6.08 Å². The van der Waals surface area contributed by atoms with Gasteiger partial charge in [0.25, 0.3) is 0 Å². The van der Waals surface area contributed by atoms with Gasteiger partial charge in [0.2, 0.25) is 5.78 Å². The first kappa shape index (κ1) is 19.9. The fourth-order valence-corrected chi connectivity index (χ4v) is 3.87. The summed E-state index contributed by atoms with van der Waals surface area (Å²) in [6, 6.07) is 19.5. The molecule has 0 bridgehead atoms. The molecule has 0 spiro atoms. The van der Waals surface area contributed by atoms with Crippen molar-refractivity contribution in [2.45, 2.75) is 4.90 Å². The average Bonchev–Trinajstić information content (AvgIpc) is 3.04. The number of halogens is 1. The lowest BCUT2D eigenvalue weighted by molar-refractivity contribution is 0.101. The minimum atomic E-state index is -4.04. The molecule has 3 aromatic carbocycles. The molecule has 0 atom stereocenters. The van der Waals surface area contributed by atoms with Crippen LogP contribution in [0.4, 0.5) is 0 Å². The van der Waals surface area contributed by atoms with E-state index in [4.69, 9.17) is 20.5 Å². The maximum Gasteiger partial charge on any atom is 0.339 e. The molecule has 0 N–H and O–H groups in total. The highest BCUT2D eigenvalue weighted by Gasteiger charge is 2.28. The Morgan fingerprint density at radius 3 is 2.40 bits per heavy atom. The Bertz CT molecular complexity index is 1260. The van der Waals surface area contributed by atoms with Gasteiger partial charge in [-0.3, -0.25) is 4.79 Å². The summed E-state index contributed by atoms with van der Waals surface area (Å²) in [5, 5.41) is 0.416. The molecule has 0 amide bonds. The van der Waals surface area contributed by atoms with Gasteiger partial charge in [0, 0.05) is 11.1 Å². The second-order valence-electron chi connectivity index (χ2n) is 6.38. The van der Waals surface area contributed by atoms with E-state index in [2.05, 4.69) is 0 Å². The summed E-state index contributed by atoms with van der Waals surface area (Å²) < 4.78 is 35.6. The van der Waals surface area contributed by atoms with E-state index in [0.717, 1.165) is 5.56 Å². The lowest BCUT2D eigenvalue weighted by atomic mass is 10.1. The number of rotatable bonds is 5. The number of hydrogen-bond acceptors (Lipinski definition) is 5. The third-order valence-electron chi connectivity index (χ3n) is 4.29. The standard InChI is InChI=1S/C23H15ClO5S/c24-17-9-12-19(13-10-17)30(26,27)29-18-11-14-20-22(15-18)28-21(23(20)25)8-4-7-16-5-2-1-3-6-16/h1-15H/b7-4+,21-8-. The van der Waals surface area contributed by atoms with Crippen molar-refractivity contribution in [2.24, 2.45) is 0 Å². The summed E-state index contributed by atoms with van der Waals surface area (Å²) in [6.45, 7) is 0. The van der Waals surface area contributed by atoms with Crippen LogP contribution in [0.15, 0.2) is 95.6 Å². The minimum absolute atomic E-state index is 0.0315. The largest absolute Gasteiger partial charge is 0.452 e. The zero-order valence-corrected chi connectivity index (χ0v) is 17.1. The van der Waals surface area contributed by atoms with Gasteiger partial charge in [-0.2, -0.15) is 8.42 Å². The molecule has 0 aromatic heterocycles. The highest BCUT2D eigenvalue weighted by molar-refractivity contribution is 7.87. The first-order valence-electron chi connectivity index (χ1n) is 8.92. The first-order chi connectivity index (χ1) is 14.4. The van der Waals surface area contributed by atoms with E-state index in [9.17, 15) is 13.2 Å². The highest BCUT2D eigenvalue weighted by atomic mass is 35.5. The molecule has 0 saturated carbocycles. The Morgan fingerprint density at radius 1 is 0.933 bits per heavy atom. The van der Waals surface area contributed by atoms with Gasteiger partial charge in [-0.05, 0) is 48.0 Å². The lowest BCUT2D eigenvalue weighted by Crippen LogP contribution is -2.09. The van der Waals surface area contributed by atoms with Gasteiger partial charge in [0.05, 0.1) is 5.56 Å². The molecule has 0 saturated heterocycles. The minimum Gasteiger partial charge on any atom is -0.452 e. The second-order valence-corrected chi connectivity index (χ2v) is 8.36. The van der Waals surface area contributed by atoms with Gasteiger partial charge >= 0.3 is 10.1 Å². The first-order valence-corrected chi connectivity index (χ1v) is 10.7. The van der Waals surface area contributed by atoms with Crippen LogP contribution in [0.5, 0.6) is 11.5 Å². The van der Waals surface area contributed by atoms with E-state index in [1.165, 1.54) is 42.5 Å². The van der Waals surface area contributed by atoms with Crippen LogP contribution < -0.4 is 8.92 Å². The SMILES string of the molecule is O=C1/C(=C/C=C/c2ccccc2)Oc2cc(OS(=O)(=O)c3ccc(Cl)cc3)ccc21. The van der Waals surface area contributed by atoms with E-state index < -0.39 is 10.1 Å². The summed E-state index contributed by atoms with van der Waals surface area (Å²) in [7, 11) is -4.04. The van der Waals surface area contributed by atoms with Crippen LogP contribution in [0.3, 0.4) is 0 Å². The zero-order chi connectivity index (χ0) is 21.1. The molecule has 0 fully saturated rings. The van der Waals surface area contributed by atoms with E-state index in [1.807, 2.05) is 36.4 Å². The van der Waals surface area contributed by atoms with Crippen LogP contribution in [-0.4, -0.2) is 14.2 Å². The van der Waals surface area contributed by atoms with Crippen LogP contribution in [-0.2, 0) is 10.1 Å². The van der Waals surface area contributed by atoms with Crippen molar-refractivity contribution in [3.8, 4) is 11.5 Å². The quantitative estimate of drug-likeness (QED) is 0.400. The number of Topliss-reactive ketones (excluding diaryl/α,β-unsaturated/α-hetero) is 1. The van der Waals surface area contributed by atoms with Crippen molar-refractivity contribution in [1.82, 2.24) is 0 Å². The fourth-order valence-electron chi connectivity index (χ4n) is 2.82. The van der Waals surface area contributed by atoms with Crippen molar-refractivity contribution in [3.63, 3.8) is 0 Å².